The van der Waals surface area contributed by atoms with Gasteiger partial charge in [0.1, 0.15) is 11.6 Å². The molecule has 1 aromatic heterocycles. The number of aromatic nitrogens is 1. The molecule has 0 spiro atoms. The summed E-state index contributed by atoms with van der Waals surface area (Å²) in [5, 5.41) is 0. The van der Waals surface area contributed by atoms with Gasteiger partial charge in [-0.25, -0.2) is 15.2 Å². The number of nitrogens with two attached hydrogens (primary N) is 1. The van der Waals surface area contributed by atoms with E-state index in [1.165, 1.54) is 12.1 Å². The minimum atomic E-state index is -0.249. The van der Waals surface area contributed by atoms with Gasteiger partial charge in [-0.3, -0.25) is 0 Å². The summed E-state index contributed by atoms with van der Waals surface area (Å²) < 4.78 is 12.8. The maximum absolute atomic E-state index is 12.8. The maximum Gasteiger partial charge on any atom is 0.141 e. The van der Waals surface area contributed by atoms with E-state index in [1.54, 1.807) is 18.3 Å². The predicted octanol–water partition coefficient (Wildman–Crippen LogP) is 2.27. The quantitative estimate of drug-likeness (QED) is 0.629. The van der Waals surface area contributed by atoms with Crippen molar-refractivity contribution < 1.29 is 4.39 Å². The molecule has 0 saturated carbocycles. The summed E-state index contributed by atoms with van der Waals surface area (Å²) in [4.78, 5) is 5.94. The second-order valence-electron chi connectivity index (χ2n) is 3.58. The Bertz CT molecular complexity index is 498. The molecule has 2 aromatic rings. The van der Waals surface area contributed by atoms with Gasteiger partial charge in [-0.2, -0.15) is 0 Å². The zero-order chi connectivity index (χ0) is 12.3. The highest BCUT2D eigenvalue weighted by molar-refractivity contribution is 5.64. The molecule has 0 bridgehead atoms. The van der Waals surface area contributed by atoms with E-state index in [2.05, 4.69) is 10.4 Å². The Morgan fingerprint density at radius 2 is 1.88 bits per heavy atom. The van der Waals surface area contributed by atoms with Gasteiger partial charge in [-0.05, 0) is 30.3 Å². The lowest BCUT2D eigenvalue weighted by molar-refractivity contribution is 0.628. The van der Waals surface area contributed by atoms with Gasteiger partial charge >= 0.3 is 0 Å². The van der Waals surface area contributed by atoms with Crippen molar-refractivity contribution in [1.82, 2.24) is 4.98 Å². The Hall–Kier alpha value is -2.14. The van der Waals surface area contributed by atoms with Crippen molar-refractivity contribution in [3.63, 3.8) is 0 Å². The first-order valence-electron chi connectivity index (χ1n) is 5.12. The zero-order valence-corrected chi connectivity index (χ0v) is 9.39. The summed E-state index contributed by atoms with van der Waals surface area (Å²) in [5.74, 6) is 5.63. The first-order chi connectivity index (χ1) is 8.20. The summed E-state index contributed by atoms with van der Waals surface area (Å²) in [6, 6.07) is 9.94. The lowest BCUT2D eigenvalue weighted by atomic mass is 10.2. The van der Waals surface area contributed by atoms with Crippen LogP contribution in [0.3, 0.4) is 0 Å². The van der Waals surface area contributed by atoms with E-state index in [0.717, 1.165) is 11.4 Å². The highest BCUT2D eigenvalue weighted by atomic mass is 19.1. The van der Waals surface area contributed by atoms with E-state index in [-0.39, 0.29) is 5.82 Å². The molecule has 4 nitrogen and oxygen atoms in total. The Morgan fingerprint density at radius 3 is 2.53 bits per heavy atom. The van der Waals surface area contributed by atoms with Crippen molar-refractivity contribution in [1.29, 1.82) is 0 Å². The molecule has 0 radical (unpaired) electrons. The van der Waals surface area contributed by atoms with Crippen LogP contribution in [-0.2, 0) is 0 Å². The number of hydrogen-bond acceptors (Lipinski definition) is 4. The first-order valence-corrected chi connectivity index (χ1v) is 5.12. The highest BCUT2D eigenvalue weighted by Gasteiger charge is 2.04. The number of anilines is 3. The fraction of sp³-hybridized carbons (Fsp3) is 0.0833. The molecule has 1 aromatic carbocycles. The average molecular weight is 232 g/mol. The van der Waals surface area contributed by atoms with Crippen LogP contribution in [0.4, 0.5) is 21.6 Å². The molecule has 0 amide bonds. The number of hydrazine groups is 1. The molecule has 0 aliphatic heterocycles. The predicted molar refractivity (Wildman–Crippen MR) is 66.5 cm³/mol. The molecule has 17 heavy (non-hydrogen) atoms. The van der Waals surface area contributed by atoms with E-state index >= 15 is 0 Å². The third-order valence-electron chi connectivity index (χ3n) is 2.49. The lowest BCUT2D eigenvalue weighted by Gasteiger charge is -2.19. The Labute approximate surface area is 98.9 Å². The molecule has 5 heteroatoms. The maximum atomic E-state index is 12.8. The van der Waals surface area contributed by atoms with Crippen LogP contribution in [0, 0.1) is 5.82 Å². The van der Waals surface area contributed by atoms with E-state index in [4.69, 9.17) is 5.84 Å². The molecule has 2 rings (SSSR count). The second kappa shape index (κ2) is 4.80. The van der Waals surface area contributed by atoms with E-state index in [1.807, 2.05) is 24.1 Å². The molecule has 1 heterocycles. The smallest absolute Gasteiger partial charge is 0.141 e. The Balaban J connectivity index is 2.29. The van der Waals surface area contributed by atoms with Crippen LogP contribution in [0.25, 0.3) is 0 Å². The van der Waals surface area contributed by atoms with Gasteiger partial charge in [0.15, 0.2) is 0 Å². The van der Waals surface area contributed by atoms with Crippen LogP contribution >= 0.6 is 0 Å². The van der Waals surface area contributed by atoms with Crippen molar-refractivity contribution in [2.75, 3.05) is 17.4 Å². The average Bonchev–Trinajstić information content (AvgIpc) is 2.39. The molecule has 3 N–H and O–H groups in total. The van der Waals surface area contributed by atoms with Crippen LogP contribution in [-0.4, -0.2) is 12.0 Å². The molecule has 0 unspecified atom stereocenters. The van der Waals surface area contributed by atoms with Gasteiger partial charge in [-0.15, -0.1) is 0 Å². The third kappa shape index (κ3) is 2.51. The fourth-order valence-electron chi connectivity index (χ4n) is 1.52. The van der Waals surface area contributed by atoms with Gasteiger partial charge in [0.25, 0.3) is 0 Å². The Morgan fingerprint density at radius 1 is 1.18 bits per heavy atom. The SMILES string of the molecule is CN(c1ccc(F)cc1)c1ccnc(NN)c1. The standard InChI is InChI=1S/C12H13FN4/c1-17(10-4-2-9(13)3-5-10)11-6-7-15-12(8-11)16-14/h2-8H,14H2,1H3,(H,15,16). The summed E-state index contributed by atoms with van der Waals surface area (Å²) in [6.07, 6.45) is 1.66. The lowest BCUT2D eigenvalue weighted by Crippen LogP contribution is -2.12. The molecule has 0 saturated heterocycles. The molecule has 88 valence electrons. The number of rotatable bonds is 3. The van der Waals surface area contributed by atoms with Gasteiger partial charge in [0.05, 0.1) is 0 Å². The number of nitrogens with one attached hydrogen (secondary N) is 1. The Kier molecular flexibility index (Phi) is 3.20. The van der Waals surface area contributed by atoms with Crippen molar-refractivity contribution in [2.45, 2.75) is 0 Å². The van der Waals surface area contributed by atoms with E-state index in [9.17, 15) is 4.39 Å². The number of nitrogen functional groups attached to an aromatic ring is 1. The molecule has 0 aliphatic carbocycles. The third-order valence-corrected chi connectivity index (χ3v) is 2.49. The molecule has 0 fully saturated rings. The summed E-state index contributed by atoms with van der Waals surface area (Å²) in [5.41, 5.74) is 4.29. The normalized spacial score (nSPS) is 10.1. The van der Waals surface area contributed by atoms with E-state index < -0.39 is 0 Å². The van der Waals surface area contributed by atoms with Crippen LogP contribution in [0.15, 0.2) is 42.6 Å². The van der Waals surface area contributed by atoms with E-state index in [0.29, 0.717) is 5.82 Å². The van der Waals surface area contributed by atoms with Crippen LogP contribution in [0.2, 0.25) is 0 Å². The number of hydrogen-bond donors (Lipinski definition) is 2. The first kappa shape index (κ1) is 11.3. The van der Waals surface area contributed by atoms with Crippen LogP contribution < -0.4 is 16.2 Å². The summed E-state index contributed by atoms with van der Waals surface area (Å²) in [7, 11) is 1.89. The van der Waals surface area contributed by atoms with Gasteiger partial charge in [0.2, 0.25) is 0 Å². The molecule has 0 aliphatic rings. The molecular formula is C12H13FN4. The minimum absolute atomic E-state index is 0.249. The minimum Gasteiger partial charge on any atom is -0.344 e. The van der Waals surface area contributed by atoms with Gasteiger partial charge < -0.3 is 10.3 Å². The largest absolute Gasteiger partial charge is 0.344 e. The van der Waals surface area contributed by atoms with Crippen molar-refractivity contribution >= 4 is 17.2 Å². The molecule has 0 atom stereocenters. The van der Waals surface area contributed by atoms with Crippen molar-refractivity contribution in [2.24, 2.45) is 5.84 Å². The van der Waals surface area contributed by atoms with Crippen LogP contribution in [0.5, 0.6) is 0 Å². The van der Waals surface area contributed by atoms with Gasteiger partial charge in [0, 0.05) is 30.7 Å². The number of benzene rings is 1. The van der Waals surface area contributed by atoms with Crippen LogP contribution in [0.1, 0.15) is 0 Å². The van der Waals surface area contributed by atoms with Crippen molar-refractivity contribution in [3.8, 4) is 0 Å². The second-order valence-corrected chi connectivity index (χ2v) is 3.58. The monoisotopic (exact) mass is 232 g/mol. The zero-order valence-electron chi connectivity index (χ0n) is 9.39. The number of halogens is 1. The summed E-state index contributed by atoms with van der Waals surface area (Å²) in [6.45, 7) is 0. The topological polar surface area (TPSA) is 54.2 Å². The highest BCUT2D eigenvalue weighted by Crippen LogP contribution is 2.24. The van der Waals surface area contributed by atoms with Gasteiger partial charge in [-0.1, -0.05) is 0 Å². The summed E-state index contributed by atoms with van der Waals surface area (Å²) >= 11 is 0. The fourth-order valence-corrected chi connectivity index (χ4v) is 1.52. The number of nitrogens with zero attached hydrogens (tertiary/aromatic N) is 2. The number of pyridine rings is 1. The molecular weight excluding hydrogens is 219 g/mol. The van der Waals surface area contributed by atoms with Crippen molar-refractivity contribution in [3.05, 3.63) is 48.4 Å².